The van der Waals surface area contributed by atoms with Crippen molar-refractivity contribution >= 4 is 5.91 Å². The number of hydrogen-bond acceptors (Lipinski definition) is 7. The predicted octanol–water partition coefficient (Wildman–Crippen LogP) is 1.18. The standard InChI is InChI=1S/C22H18N6O4/c1-26-20(29)17(24-28(22(26)31)16-9-3-2-4-10-16)18-23-19(32-25-18)21(30)27-12-11-14-7-5-6-8-15(14)13-27/h2-10H,11-13H2,1H3. The maximum absolute atomic E-state index is 12.9. The highest BCUT2D eigenvalue weighted by Gasteiger charge is 2.27. The molecule has 0 unspecified atom stereocenters. The highest BCUT2D eigenvalue weighted by Crippen LogP contribution is 2.20. The third kappa shape index (κ3) is 3.31. The molecule has 4 aromatic rings. The lowest BCUT2D eigenvalue weighted by atomic mass is 10.00. The van der Waals surface area contributed by atoms with Gasteiger partial charge in [-0.3, -0.25) is 14.2 Å². The number of aromatic nitrogens is 5. The van der Waals surface area contributed by atoms with E-state index < -0.39 is 17.2 Å². The minimum absolute atomic E-state index is 0.156. The summed E-state index contributed by atoms with van der Waals surface area (Å²) in [4.78, 5) is 43.9. The lowest BCUT2D eigenvalue weighted by Gasteiger charge is -2.27. The Morgan fingerprint density at radius 3 is 2.50 bits per heavy atom. The molecule has 0 aliphatic carbocycles. The van der Waals surface area contributed by atoms with E-state index in [2.05, 4.69) is 15.2 Å². The molecule has 1 aliphatic rings. The Balaban J connectivity index is 1.49. The van der Waals surface area contributed by atoms with Crippen molar-refractivity contribution in [1.29, 1.82) is 0 Å². The average Bonchev–Trinajstić information content (AvgIpc) is 3.32. The van der Waals surface area contributed by atoms with Crippen molar-refractivity contribution < 1.29 is 9.32 Å². The van der Waals surface area contributed by atoms with Gasteiger partial charge in [-0.15, -0.1) is 0 Å². The molecule has 10 nitrogen and oxygen atoms in total. The molecule has 3 heterocycles. The van der Waals surface area contributed by atoms with E-state index in [1.165, 1.54) is 12.6 Å². The zero-order chi connectivity index (χ0) is 22.2. The number of benzene rings is 2. The minimum Gasteiger partial charge on any atom is -0.330 e. The summed E-state index contributed by atoms with van der Waals surface area (Å²) in [6, 6.07) is 16.6. The SMILES string of the molecule is Cn1c(=O)c(-c2noc(C(=O)N3CCc4ccccc4C3)n2)nn(-c2ccccc2)c1=O. The molecule has 0 radical (unpaired) electrons. The van der Waals surface area contributed by atoms with Gasteiger partial charge >= 0.3 is 17.5 Å². The molecule has 0 N–H and O–H groups in total. The van der Waals surface area contributed by atoms with Crippen LogP contribution >= 0.6 is 0 Å². The molecular formula is C22H18N6O4. The summed E-state index contributed by atoms with van der Waals surface area (Å²) in [6.45, 7) is 0.956. The van der Waals surface area contributed by atoms with E-state index in [-0.39, 0.29) is 17.4 Å². The van der Waals surface area contributed by atoms with Gasteiger partial charge in [0.25, 0.3) is 5.56 Å². The third-order valence-corrected chi connectivity index (χ3v) is 5.41. The fraction of sp³-hybridized carbons (Fsp3) is 0.182. The Hall–Kier alpha value is -4.34. The molecule has 2 aromatic heterocycles. The average molecular weight is 430 g/mol. The molecule has 1 amide bonds. The maximum atomic E-state index is 12.9. The predicted molar refractivity (Wildman–Crippen MR) is 113 cm³/mol. The zero-order valence-corrected chi connectivity index (χ0v) is 17.1. The molecule has 0 fully saturated rings. The van der Waals surface area contributed by atoms with E-state index >= 15 is 0 Å². The summed E-state index contributed by atoms with van der Waals surface area (Å²) in [7, 11) is 1.34. The molecule has 10 heteroatoms. The van der Waals surface area contributed by atoms with Gasteiger partial charge in [0, 0.05) is 20.1 Å². The van der Waals surface area contributed by atoms with Gasteiger partial charge in [-0.05, 0) is 29.7 Å². The van der Waals surface area contributed by atoms with Gasteiger partial charge in [-0.25, -0.2) is 4.79 Å². The van der Waals surface area contributed by atoms with Gasteiger partial charge in [0.15, 0.2) is 5.69 Å². The number of amides is 1. The van der Waals surface area contributed by atoms with Gasteiger partial charge < -0.3 is 9.42 Å². The number of fused-ring (bicyclic) bond motifs is 1. The van der Waals surface area contributed by atoms with E-state index in [9.17, 15) is 14.4 Å². The number of rotatable bonds is 3. The molecule has 0 atom stereocenters. The second kappa shape index (κ2) is 7.73. The van der Waals surface area contributed by atoms with Crippen LogP contribution in [0.2, 0.25) is 0 Å². The van der Waals surface area contributed by atoms with Crippen molar-refractivity contribution in [2.75, 3.05) is 6.54 Å². The molecule has 32 heavy (non-hydrogen) atoms. The molecule has 1 aliphatic heterocycles. The van der Waals surface area contributed by atoms with Crippen molar-refractivity contribution in [3.63, 3.8) is 0 Å². The van der Waals surface area contributed by atoms with E-state index in [4.69, 9.17) is 4.52 Å². The molecular weight excluding hydrogens is 412 g/mol. The van der Waals surface area contributed by atoms with Crippen LogP contribution < -0.4 is 11.2 Å². The van der Waals surface area contributed by atoms with Gasteiger partial charge in [0.1, 0.15) is 0 Å². The van der Waals surface area contributed by atoms with Gasteiger partial charge in [-0.2, -0.15) is 14.8 Å². The van der Waals surface area contributed by atoms with Crippen LogP contribution in [0.4, 0.5) is 0 Å². The summed E-state index contributed by atoms with van der Waals surface area (Å²) >= 11 is 0. The third-order valence-electron chi connectivity index (χ3n) is 5.41. The number of hydrogen-bond donors (Lipinski definition) is 0. The van der Waals surface area contributed by atoms with Crippen molar-refractivity contribution in [3.05, 3.63) is 92.5 Å². The number of nitrogens with zero attached hydrogens (tertiary/aromatic N) is 6. The summed E-state index contributed by atoms with van der Waals surface area (Å²) in [5.41, 5.74) is 1.26. The minimum atomic E-state index is -0.686. The van der Waals surface area contributed by atoms with Crippen LogP contribution in [0.3, 0.4) is 0 Å². The number of carbonyl (C=O) groups excluding carboxylic acids is 1. The molecule has 2 aromatic carbocycles. The smallest absolute Gasteiger partial charge is 0.330 e. The van der Waals surface area contributed by atoms with Crippen LogP contribution in [-0.4, -0.2) is 41.8 Å². The highest BCUT2D eigenvalue weighted by molar-refractivity contribution is 5.90. The van der Waals surface area contributed by atoms with Gasteiger partial charge in [-0.1, -0.05) is 47.6 Å². The van der Waals surface area contributed by atoms with E-state index in [1.54, 1.807) is 35.2 Å². The van der Waals surface area contributed by atoms with Crippen molar-refractivity contribution in [2.24, 2.45) is 7.05 Å². The largest absolute Gasteiger partial charge is 0.351 e. The summed E-state index contributed by atoms with van der Waals surface area (Å²) < 4.78 is 7.16. The van der Waals surface area contributed by atoms with Crippen LogP contribution in [0.5, 0.6) is 0 Å². The molecule has 160 valence electrons. The first-order chi connectivity index (χ1) is 15.5. The van der Waals surface area contributed by atoms with Gasteiger partial charge in [0.05, 0.1) is 5.69 Å². The molecule has 0 spiro atoms. The normalized spacial score (nSPS) is 13.1. The molecule has 5 rings (SSSR count). The Morgan fingerprint density at radius 2 is 1.72 bits per heavy atom. The second-order valence-electron chi connectivity index (χ2n) is 7.41. The van der Waals surface area contributed by atoms with Crippen molar-refractivity contribution in [2.45, 2.75) is 13.0 Å². The Morgan fingerprint density at radius 1 is 1.00 bits per heavy atom. The second-order valence-corrected chi connectivity index (χ2v) is 7.41. The molecule has 0 saturated carbocycles. The first-order valence-corrected chi connectivity index (χ1v) is 9.99. The summed E-state index contributed by atoms with van der Waals surface area (Å²) in [5.74, 6) is -0.816. The maximum Gasteiger partial charge on any atom is 0.351 e. The van der Waals surface area contributed by atoms with Crippen molar-refractivity contribution in [3.8, 4) is 17.2 Å². The quantitative estimate of drug-likeness (QED) is 0.479. The van der Waals surface area contributed by atoms with Crippen molar-refractivity contribution in [1.82, 2.24) is 29.4 Å². The fourth-order valence-electron chi connectivity index (χ4n) is 3.66. The van der Waals surface area contributed by atoms with Gasteiger partial charge in [0.2, 0.25) is 5.82 Å². The lowest BCUT2D eigenvalue weighted by molar-refractivity contribution is 0.0684. The molecule has 0 bridgehead atoms. The Bertz CT molecular complexity index is 1440. The summed E-state index contributed by atoms with van der Waals surface area (Å²) in [5, 5.41) is 7.94. The Kier molecular flexibility index (Phi) is 4.74. The monoisotopic (exact) mass is 430 g/mol. The number of para-hydroxylation sites is 1. The topological polar surface area (TPSA) is 116 Å². The lowest BCUT2D eigenvalue weighted by Crippen LogP contribution is -2.40. The highest BCUT2D eigenvalue weighted by atomic mass is 16.5. The van der Waals surface area contributed by atoms with E-state index in [0.29, 0.717) is 18.8 Å². The van der Waals surface area contributed by atoms with E-state index in [1.807, 2.05) is 24.3 Å². The first-order valence-electron chi connectivity index (χ1n) is 9.99. The van der Waals surface area contributed by atoms with Crippen LogP contribution in [0.15, 0.2) is 68.7 Å². The van der Waals surface area contributed by atoms with Crippen LogP contribution in [0.1, 0.15) is 21.8 Å². The Labute approximate surface area is 181 Å². The molecule has 0 saturated heterocycles. The zero-order valence-electron chi connectivity index (χ0n) is 17.1. The number of carbonyl (C=O) groups is 1. The first kappa shape index (κ1) is 19.6. The van der Waals surface area contributed by atoms with Crippen LogP contribution in [0, 0.1) is 0 Å². The van der Waals surface area contributed by atoms with E-state index in [0.717, 1.165) is 21.2 Å². The van der Waals surface area contributed by atoms with Crippen LogP contribution in [-0.2, 0) is 20.0 Å². The van der Waals surface area contributed by atoms with Crippen LogP contribution in [0.25, 0.3) is 17.2 Å². The summed E-state index contributed by atoms with van der Waals surface area (Å²) in [6.07, 6.45) is 0.729. The fourth-order valence-corrected chi connectivity index (χ4v) is 3.66.